The number of rotatable bonds is 2. The topological polar surface area (TPSA) is 78.7 Å². The van der Waals surface area contributed by atoms with E-state index in [4.69, 9.17) is 4.52 Å². The molecule has 1 aromatic rings. The number of hydrogen-bond acceptors (Lipinski definition) is 4. The summed E-state index contributed by atoms with van der Waals surface area (Å²) in [5, 5.41) is 6.58. The fraction of sp³-hybridized carbons (Fsp3) is 0.667. The molecule has 0 bridgehead atoms. The highest BCUT2D eigenvalue weighted by Gasteiger charge is 2.35. The Hall–Kier alpha value is -2.05. The van der Waals surface area contributed by atoms with E-state index in [1.165, 1.54) is 4.90 Å². The molecule has 0 aromatic carbocycles. The molecule has 2 heterocycles. The van der Waals surface area contributed by atoms with Gasteiger partial charge in [-0.2, -0.15) is 0 Å². The number of nitrogens with one attached hydrogen (secondary N) is 1. The summed E-state index contributed by atoms with van der Waals surface area (Å²) in [7, 11) is 3.40. The quantitative estimate of drug-likeness (QED) is 0.907. The SMILES string of the molecule is CN(C)C(=O)C1CCCN1C(=O)Nc1cc(C(C)(C)C)on1. The second kappa shape index (κ2) is 5.98. The van der Waals surface area contributed by atoms with Gasteiger partial charge in [0.25, 0.3) is 0 Å². The Labute approximate surface area is 130 Å². The van der Waals surface area contributed by atoms with Crippen molar-refractivity contribution in [1.82, 2.24) is 15.0 Å². The number of carbonyl (C=O) groups is 2. The van der Waals surface area contributed by atoms with Crippen LogP contribution in [0.5, 0.6) is 0 Å². The van der Waals surface area contributed by atoms with Crippen molar-refractivity contribution in [2.45, 2.75) is 45.1 Å². The van der Waals surface area contributed by atoms with Crippen LogP contribution in [0.4, 0.5) is 10.6 Å². The summed E-state index contributed by atoms with van der Waals surface area (Å²) in [6, 6.07) is 1.01. The largest absolute Gasteiger partial charge is 0.359 e. The van der Waals surface area contributed by atoms with E-state index in [0.29, 0.717) is 24.5 Å². The van der Waals surface area contributed by atoms with Crippen molar-refractivity contribution in [2.24, 2.45) is 0 Å². The van der Waals surface area contributed by atoms with E-state index in [1.807, 2.05) is 20.8 Å². The smallest absolute Gasteiger partial charge is 0.323 e. The van der Waals surface area contributed by atoms with E-state index in [-0.39, 0.29) is 17.4 Å². The first-order chi connectivity index (χ1) is 10.2. The first-order valence-corrected chi connectivity index (χ1v) is 7.46. The van der Waals surface area contributed by atoms with Crippen LogP contribution >= 0.6 is 0 Å². The molecule has 7 heteroatoms. The predicted octanol–water partition coefficient (Wildman–Crippen LogP) is 2.06. The van der Waals surface area contributed by atoms with Gasteiger partial charge in [-0.1, -0.05) is 25.9 Å². The highest BCUT2D eigenvalue weighted by atomic mass is 16.5. The maximum atomic E-state index is 12.4. The molecular formula is C15H24N4O3. The molecule has 3 amide bonds. The molecule has 7 nitrogen and oxygen atoms in total. The molecule has 1 atom stereocenters. The molecule has 2 rings (SSSR count). The van der Waals surface area contributed by atoms with Gasteiger partial charge in [-0.15, -0.1) is 0 Å². The second-order valence-electron chi connectivity index (χ2n) is 6.84. The molecule has 0 aliphatic carbocycles. The van der Waals surface area contributed by atoms with E-state index in [9.17, 15) is 9.59 Å². The zero-order valence-electron chi connectivity index (χ0n) is 13.8. The molecule has 122 valence electrons. The van der Waals surface area contributed by atoms with Crippen LogP contribution in [0.1, 0.15) is 39.4 Å². The van der Waals surface area contributed by atoms with E-state index in [1.54, 1.807) is 25.1 Å². The van der Waals surface area contributed by atoms with Gasteiger partial charge >= 0.3 is 6.03 Å². The van der Waals surface area contributed by atoms with Crippen molar-refractivity contribution in [3.8, 4) is 0 Å². The summed E-state index contributed by atoms with van der Waals surface area (Å²) in [5.74, 6) is 1.02. The third-order valence-corrected chi connectivity index (χ3v) is 3.72. The standard InChI is InChI=1S/C15H24N4O3/c1-15(2,3)11-9-12(17-22-11)16-14(21)19-8-6-7-10(19)13(20)18(4)5/h9-10H,6-8H2,1-5H3,(H,16,17,21). The van der Waals surface area contributed by atoms with Gasteiger partial charge in [0.1, 0.15) is 11.8 Å². The zero-order valence-corrected chi connectivity index (χ0v) is 13.8. The molecule has 1 N–H and O–H groups in total. The highest BCUT2D eigenvalue weighted by Crippen LogP contribution is 2.25. The lowest BCUT2D eigenvalue weighted by molar-refractivity contribution is -0.132. The number of hydrogen-bond donors (Lipinski definition) is 1. The second-order valence-corrected chi connectivity index (χ2v) is 6.84. The number of amides is 3. The maximum Gasteiger partial charge on any atom is 0.323 e. The Bertz CT molecular complexity index is 559. The average molecular weight is 308 g/mol. The minimum absolute atomic E-state index is 0.0526. The number of urea groups is 1. The van der Waals surface area contributed by atoms with Crippen LogP contribution in [0.15, 0.2) is 10.6 Å². The lowest BCUT2D eigenvalue weighted by Crippen LogP contribution is -2.47. The van der Waals surface area contributed by atoms with Crippen LogP contribution in [-0.4, -0.2) is 53.6 Å². The molecule has 0 spiro atoms. The molecular weight excluding hydrogens is 284 g/mol. The summed E-state index contributed by atoms with van der Waals surface area (Å²) in [6.07, 6.45) is 1.51. The van der Waals surface area contributed by atoms with Gasteiger partial charge in [-0.3, -0.25) is 10.1 Å². The van der Waals surface area contributed by atoms with Crippen molar-refractivity contribution in [3.05, 3.63) is 11.8 Å². The minimum atomic E-state index is -0.399. The number of likely N-dealkylation sites (tertiary alicyclic amines) is 1. The van der Waals surface area contributed by atoms with Crippen LogP contribution in [-0.2, 0) is 10.2 Å². The minimum Gasteiger partial charge on any atom is -0.359 e. The molecule has 1 unspecified atom stereocenters. The first kappa shape index (κ1) is 16.3. The van der Waals surface area contributed by atoms with E-state index in [2.05, 4.69) is 10.5 Å². The van der Waals surface area contributed by atoms with Crippen molar-refractivity contribution in [3.63, 3.8) is 0 Å². The van der Waals surface area contributed by atoms with Crippen LogP contribution < -0.4 is 5.32 Å². The number of aromatic nitrogens is 1. The predicted molar refractivity (Wildman–Crippen MR) is 82.6 cm³/mol. The Balaban J connectivity index is 2.05. The maximum absolute atomic E-state index is 12.4. The molecule has 1 aliphatic heterocycles. The van der Waals surface area contributed by atoms with Gasteiger partial charge < -0.3 is 14.3 Å². The molecule has 0 radical (unpaired) electrons. The molecule has 0 saturated carbocycles. The van der Waals surface area contributed by atoms with Gasteiger partial charge in [-0.05, 0) is 12.8 Å². The van der Waals surface area contributed by atoms with E-state index >= 15 is 0 Å². The van der Waals surface area contributed by atoms with Gasteiger partial charge in [0.05, 0.1) is 0 Å². The number of carbonyl (C=O) groups excluding carboxylic acids is 2. The lowest BCUT2D eigenvalue weighted by atomic mass is 9.93. The Kier molecular flexibility index (Phi) is 4.44. The number of anilines is 1. The number of nitrogens with zero attached hydrogens (tertiary/aromatic N) is 3. The molecule has 22 heavy (non-hydrogen) atoms. The van der Waals surface area contributed by atoms with Crippen LogP contribution in [0.25, 0.3) is 0 Å². The summed E-state index contributed by atoms with van der Waals surface area (Å²) in [5.41, 5.74) is -0.174. The van der Waals surface area contributed by atoms with Gasteiger partial charge in [0.15, 0.2) is 5.82 Å². The summed E-state index contributed by atoms with van der Waals surface area (Å²) < 4.78 is 5.25. The van der Waals surface area contributed by atoms with Gasteiger partial charge in [0, 0.05) is 32.1 Å². The van der Waals surface area contributed by atoms with Crippen LogP contribution in [0, 0.1) is 0 Å². The normalized spacial score (nSPS) is 18.4. The Morgan fingerprint density at radius 2 is 2.09 bits per heavy atom. The summed E-state index contributed by atoms with van der Waals surface area (Å²) in [6.45, 7) is 6.59. The van der Waals surface area contributed by atoms with Gasteiger partial charge in [-0.25, -0.2) is 4.79 Å². The first-order valence-electron chi connectivity index (χ1n) is 7.46. The van der Waals surface area contributed by atoms with Gasteiger partial charge in [0.2, 0.25) is 5.91 Å². The summed E-state index contributed by atoms with van der Waals surface area (Å²) >= 11 is 0. The fourth-order valence-electron chi connectivity index (χ4n) is 2.43. The van der Waals surface area contributed by atoms with E-state index < -0.39 is 6.04 Å². The molecule has 1 fully saturated rings. The Morgan fingerprint density at radius 3 is 2.64 bits per heavy atom. The van der Waals surface area contributed by atoms with Crippen molar-refractivity contribution < 1.29 is 14.1 Å². The van der Waals surface area contributed by atoms with Crippen molar-refractivity contribution >= 4 is 17.8 Å². The summed E-state index contributed by atoms with van der Waals surface area (Å²) in [4.78, 5) is 27.6. The highest BCUT2D eigenvalue weighted by molar-refractivity contribution is 5.93. The monoisotopic (exact) mass is 308 g/mol. The van der Waals surface area contributed by atoms with Crippen LogP contribution in [0.2, 0.25) is 0 Å². The molecule has 1 saturated heterocycles. The average Bonchev–Trinajstić information content (AvgIpc) is 3.05. The number of likely N-dealkylation sites (N-methyl/N-ethyl adjacent to an activating group) is 1. The zero-order chi connectivity index (χ0) is 16.5. The van der Waals surface area contributed by atoms with Crippen molar-refractivity contribution in [2.75, 3.05) is 26.0 Å². The van der Waals surface area contributed by atoms with Crippen molar-refractivity contribution in [1.29, 1.82) is 0 Å². The Morgan fingerprint density at radius 1 is 1.41 bits per heavy atom. The lowest BCUT2D eigenvalue weighted by Gasteiger charge is -2.25. The third-order valence-electron chi connectivity index (χ3n) is 3.72. The molecule has 1 aromatic heterocycles. The molecule has 1 aliphatic rings. The van der Waals surface area contributed by atoms with Crippen LogP contribution in [0.3, 0.4) is 0 Å². The third kappa shape index (κ3) is 3.40. The van der Waals surface area contributed by atoms with E-state index in [0.717, 1.165) is 6.42 Å². The fourth-order valence-corrected chi connectivity index (χ4v) is 2.43.